The maximum absolute atomic E-state index is 11.9. The lowest BCUT2D eigenvalue weighted by atomic mass is 10.4. The molecule has 0 saturated carbocycles. The van der Waals surface area contributed by atoms with Crippen LogP contribution in [0.15, 0.2) is 49.3 Å². The van der Waals surface area contributed by atoms with Crippen LogP contribution in [0.2, 0.25) is 0 Å². The third kappa shape index (κ3) is 4.24. The number of amides is 1. The molecule has 0 saturated heterocycles. The Labute approximate surface area is 132 Å². The zero-order valence-electron chi connectivity index (χ0n) is 10.4. The third-order valence-electron chi connectivity index (χ3n) is 2.35. The number of halogens is 1. The fourth-order valence-electron chi connectivity index (χ4n) is 1.40. The van der Waals surface area contributed by atoms with Gasteiger partial charge in [-0.2, -0.15) is 0 Å². The zero-order valence-corrected chi connectivity index (χ0v) is 13.7. The number of aromatic nitrogens is 1. The molecular weight excluding hydrogens is 382 g/mol. The van der Waals surface area contributed by atoms with Gasteiger partial charge in [0, 0.05) is 12.3 Å². The summed E-state index contributed by atoms with van der Waals surface area (Å²) in [5, 5.41) is 0. The summed E-state index contributed by atoms with van der Waals surface area (Å²) in [5.74, 6) is -0.650. The number of nitrogens with zero attached hydrogens (tertiary/aromatic N) is 1. The van der Waals surface area contributed by atoms with E-state index in [1.54, 1.807) is 18.2 Å². The smallest absolute Gasteiger partial charge is 0.266 e. The molecule has 21 heavy (non-hydrogen) atoms. The Kier molecular flexibility index (Phi) is 4.93. The maximum atomic E-state index is 11.9. The van der Waals surface area contributed by atoms with Crippen LogP contribution in [0.25, 0.3) is 0 Å². The van der Waals surface area contributed by atoms with E-state index in [-0.39, 0.29) is 16.3 Å². The van der Waals surface area contributed by atoms with Crippen LogP contribution in [-0.4, -0.2) is 18.9 Å². The normalized spacial score (nSPS) is 11.3. The molecule has 0 bridgehead atoms. The van der Waals surface area contributed by atoms with Crippen molar-refractivity contribution < 1.29 is 13.2 Å². The number of nitrogens with one attached hydrogen (secondary N) is 2. The van der Waals surface area contributed by atoms with Crippen molar-refractivity contribution in [2.45, 2.75) is 10.8 Å². The zero-order chi connectivity index (χ0) is 15.5. The molecule has 0 atom stereocenters. The van der Waals surface area contributed by atoms with Crippen LogP contribution in [0.4, 0.5) is 0 Å². The quantitative estimate of drug-likeness (QED) is 0.732. The van der Waals surface area contributed by atoms with Gasteiger partial charge in [0.15, 0.2) is 0 Å². The number of carbonyl (C=O) groups excluding carboxylic acids is 1. The van der Waals surface area contributed by atoms with Gasteiger partial charge in [0.2, 0.25) is 0 Å². The van der Waals surface area contributed by atoms with Gasteiger partial charge in [-0.25, -0.2) is 8.42 Å². The lowest BCUT2D eigenvalue weighted by Crippen LogP contribution is -2.43. The molecule has 0 unspecified atom stereocenters. The van der Waals surface area contributed by atoms with Crippen molar-refractivity contribution in [1.29, 1.82) is 0 Å². The van der Waals surface area contributed by atoms with E-state index in [0.717, 1.165) is 15.9 Å². The average molecular weight is 392 g/mol. The highest BCUT2D eigenvalue weighted by Crippen LogP contribution is 2.25. The predicted molar refractivity (Wildman–Crippen MR) is 81.2 cm³/mol. The number of rotatable bonds is 5. The van der Waals surface area contributed by atoms with Gasteiger partial charge in [-0.1, -0.05) is 6.07 Å². The molecule has 0 aliphatic carbocycles. The third-order valence-corrected chi connectivity index (χ3v) is 5.71. The van der Waals surface area contributed by atoms with E-state index < -0.39 is 15.9 Å². The average Bonchev–Trinajstić information content (AvgIpc) is 2.87. The van der Waals surface area contributed by atoms with Crippen LogP contribution in [0.3, 0.4) is 0 Å². The van der Waals surface area contributed by atoms with Crippen LogP contribution in [0, 0.1) is 0 Å². The Bertz CT molecular complexity index is 813. The first-order valence-corrected chi connectivity index (χ1v) is 8.69. The first-order chi connectivity index (χ1) is 9.88. The molecule has 0 aromatic carbocycles. The van der Waals surface area contributed by atoms with Gasteiger partial charge in [-0.05, 0) is 34.1 Å². The minimum Gasteiger partial charge on any atom is -0.306 e. The predicted octanol–water partition coefficient (Wildman–Crippen LogP) is 0.682. The standard InChI is InChI=1S/C11H10BrN3O4S2/c12-8-4-5-11(20-8)21(18,19)14-13-9(16)7-15-6-2-1-3-10(15)17/h1-6,14H,7H2,(H,13,16). The van der Waals surface area contributed by atoms with E-state index in [0.29, 0.717) is 3.79 Å². The monoisotopic (exact) mass is 391 g/mol. The summed E-state index contributed by atoms with van der Waals surface area (Å²) in [7, 11) is -3.82. The number of hydrogen-bond donors (Lipinski definition) is 2. The Morgan fingerprint density at radius 1 is 1.29 bits per heavy atom. The molecule has 0 spiro atoms. The van der Waals surface area contributed by atoms with Gasteiger partial charge in [0.05, 0.1) is 3.79 Å². The minimum atomic E-state index is -3.82. The molecule has 0 aliphatic heterocycles. The molecule has 2 N–H and O–H groups in total. The van der Waals surface area contributed by atoms with Crippen molar-refractivity contribution in [3.63, 3.8) is 0 Å². The first kappa shape index (κ1) is 15.9. The number of thiophene rings is 1. The van der Waals surface area contributed by atoms with Crippen LogP contribution < -0.4 is 15.8 Å². The molecule has 2 heterocycles. The number of carbonyl (C=O) groups is 1. The molecule has 0 aliphatic rings. The second-order valence-electron chi connectivity index (χ2n) is 3.88. The lowest BCUT2D eigenvalue weighted by molar-refractivity contribution is -0.122. The van der Waals surface area contributed by atoms with E-state index in [1.165, 1.54) is 18.3 Å². The van der Waals surface area contributed by atoms with Crippen molar-refractivity contribution in [1.82, 2.24) is 14.8 Å². The Morgan fingerprint density at radius 2 is 2.05 bits per heavy atom. The topological polar surface area (TPSA) is 97.3 Å². The SMILES string of the molecule is O=C(Cn1ccccc1=O)NNS(=O)(=O)c1ccc(Br)s1. The van der Waals surface area contributed by atoms with Gasteiger partial charge in [-0.15, -0.1) is 16.2 Å². The second-order valence-corrected chi connectivity index (χ2v) is 8.25. The van der Waals surface area contributed by atoms with Crippen LogP contribution in [-0.2, 0) is 21.4 Å². The number of hydrazine groups is 1. The summed E-state index contributed by atoms with van der Waals surface area (Å²) in [4.78, 5) is 25.0. The summed E-state index contributed by atoms with van der Waals surface area (Å²) in [6.07, 6.45) is 1.44. The Hall–Kier alpha value is -1.49. The van der Waals surface area contributed by atoms with Crippen molar-refractivity contribution in [3.8, 4) is 0 Å². The molecule has 0 fully saturated rings. The van der Waals surface area contributed by atoms with E-state index in [9.17, 15) is 18.0 Å². The number of sulfonamides is 1. The number of pyridine rings is 1. The van der Waals surface area contributed by atoms with Crippen LogP contribution in [0.5, 0.6) is 0 Å². The molecule has 2 aromatic rings. The summed E-state index contributed by atoms with van der Waals surface area (Å²) >= 11 is 4.17. The largest absolute Gasteiger partial charge is 0.306 e. The van der Waals surface area contributed by atoms with Gasteiger partial charge in [-0.3, -0.25) is 15.0 Å². The van der Waals surface area contributed by atoms with Gasteiger partial charge < -0.3 is 4.57 Å². The highest BCUT2D eigenvalue weighted by atomic mass is 79.9. The molecule has 7 nitrogen and oxygen atoms in total. The van der Waals surface area contributed by atoms with Crippen molar-refractivity contribution >= 4 is 43.2 Å². The molecule has 2 aromatic heterocycles. The molecule has 112 valence electrons. The first-order valence-electron chi connectivity index (χ1n) is 5.60. The van der Waals surface area contributed by atoms with Crippen molar-refractivity contribution in [3.05, 3.63) is 50.7 Å². The highest BCUT2D eigenvalue weighted by Gasteiger charge is 2.17. The van der Waals surface area contributed by atoms with Crippen LogP contribution in [0.1, 0.15) is 0 Å². The lowest BCUT2D eigenvalue weighted by Gasteiger charge is -2.08. The van der Waals surface area contributed by atoms with E-state index in [4.69, 9.17) is 0 Å². The molecule has 10 heteroatoms. The summed E-state index contributed by atoms with van der Waals surface area (Å²) < 4.78 is 25.6. The second kappa shape index (κ2) is 6.52. The summed E-state index contributed by atoms with van der Waals surface area (Å²) in [5.41, 5.74) is 1.71. The maximum Gasteiger partial charge on any atom is 0.266 e. The molecule has 0 radical (unpaired) electrons. The molecule has 2 rings (SSSR count). The van der Waals surface area contributed by atoms with Gasteiger partial charge in [0.25, 0.3) is 21.5 Å². The summed E-state index contributed by atoms with van der Waals surface area (Å²) in [6, 6.07) is 7.45. The van der Waals surface area contributed by atoms with Gasteiger partial charge in [0.1, 0.15) is 10.8 Å². The van der Waals surface area contributed by atoms with E-state index in [1.807, 2.05) is 4.83 Å². The van der Waals surface area contributed by atoms with Gasteiger partial charge >= 0.3 is 0 Å². The number of hydrogen-bond acceptors (Lipinski definition) is 5. The molecular formula is C11H10BrN3O4S2. The van der Waals surface area contributed by atoms with Crippen molar-refractivity contribution in [2.75, 3.05) is 0 Å². The highest BCUT2D eigenvalue weighted by molar-refractivity contribution is 9.11. The minimum absolute atomic E-state index is 0.0616. The van der Waals surface area contributed by atoms with Crippen molar-refractivity contribution in [2.24, 2.45) is 0 Å². The van der Waals surface area contributed by atoms with E-state index >= 15 is 0 Å². The molecule has 1 amide bonds. The fraction of sp³-hybridized carbons (Fsp3) is 0.0909. The van der Waals surface area contributed by atoms with Crippen LogP contribution >= 0.6 is 27.3 Å². The summed E-state index contributed by atoms with van der Waals surface area (Å²) in [6.45, 7) is -0.281. The Balaban J connectivity index is 1.98. The fourth-order valence-corrected chi connectivity index (χ4v) is 4.27. The van der Waals surface area contributed by atoms with E-state index in [2.05, 4.69) is 21.4 Å². The Morgan fingerprint density at radius 3 is 2.67 bits per heavy atom.